The molecule has 1 aliphatic heterocycles. The third-order valence-corrected chi connectivity index (χ3v) is 4.09. The molecule has 1 amide bonds. The van der Waals surface area contributed by atoms with E-state index in [1.807, 2.05) is 11.9 Å². The van der Waals surface area contributed by atoms with Crippen molar-refractivity contribution in [2.24, 2.45) is 7.05 Å². The van der Waals surface area contributed by atoms with E-state index in [9.17, 15) is 4.79 Å². The number of hydrogen-bond acceptors (Lipinski definition) is 3. The van der Waals surface area contributed by atoms with Crippen molar-refractivity contribution in [2.45, 2.75) is 18.9 Å². The average molecular weight is 261 g/mol. The summed E-state index contributed by atoms with van der Waals surface area (Å²) in [7, 11) is 1.83. The molecule has 18 heavy (non-hydrogen) atoms. The lowest BCUT2D eigenvalue weighted by Gasteiger charge is -2.23. The van der Waals surface area contributed by atoms with Gasteiger partial charge in [-0.15, -0.1) is 0 Å². The van der Waals surface area contributed by atoms with Crippen LogP contribution in [0.15, 0.2) is 29.2 Å². The van der Waals surface area contributed by atoms with Gasteiger partial charge in [-0.05, 0) is 35.2 Å². The quantitative estimate of drug-likeness (QED) is 0.833. The maximum Gasteiger partial charge on any atom is 0.257 e. The van der Waals surface area contributed by atoms with E-state index in [4.69, 9.17) is 0 Å². The van der Waals surface area contributed by atoms with Crippen LogP contribution >= 0.6 is 11.3 Å². The van der Waals surface area contributed by atoms with Gasteiger partial charge in [0.2, 0.25) is 0 Å². The molecule has 5 heteroatoms. The molecule has 0 saturated carbocycles. The minimum Gasteiger partial charge on any atom is -0.331 e. The maximum atomic E-state index is 12.4. The molecular weight excluding hydrogens is 246 g/mol. The zero-order valence-electron chi connectivity index (χ0n) is 10.2. The smallest absolute Gasteiger partial charge is 0.257 e. The highest BCUT2D eigenvalue weighted by atomic mass is 32.1. The SMILES string of the molecule is Cn1cc(C(=O)N2CCC[C@@H]2c2ccsc2)cn1. The number of thiophene rings is 1. The van der Waals surface area contributed by atoms with Crippen molar-refractivity contribution in [1.29, 1.82) is 0 Å². The van der Waals surface area contributed by atoms with Crippen LogP contribution in [0.5, 0.6) is 0 Å². The van der Waals surface area contributed by atoms with Crippen molar-refractivity contribution in [3.63, 3.8) is 0 Å². The Hall–Kier alpha value is -1.62. The molecule has 2 aromatic heterocycles. The average Bonchev–Trinajstić information content (AvgIpc) is 3.08. The highest BCUT2D eigenvalue weighted by Gasteiger charge is 2.31. The molecule has 1 saturated heterocycles. The molecule has 0 aliphatic carbocycles. The summed E-state index contributed by atoms with van der Waals surface area (Å²) in [5.74, 6) is 0.0943. The van der Waals surface area contributed by atoms with Gasteiger partial charge in [0.1, 0.15) is 0 Å². The fourth-order valence-corrected chi connectivity index (χ4v) is 3.23. The van der Waals surface area contributed by atoms with E-state index >= 15 is 0 Å². The Bertz CT molecular complexity index is 546. The molecule has 3 rings (SSSR count). The molecule has 0 N–H and O–H groups in total. The Morgan fingerprint density at radius 3 is 3.11 bits per heavy atom. The molecule has 0 radical (unpaired) electrons. The molecule has 1 aliphatic rings. The van der Waals surface area contributed by atoms with E-state index < -0.39 is 0 Å². The lowest BCUT2D eigenvalue weighted by atomic mass is 10.1. The van der Waals surface area contributed by atoms with Crippen molar-refractivity contribution < 1.29 is 4.79 Å². The van der Waals surface area contributed by atoms with Gasteiger partial charge in [-0.1, -0.05) is 0 Å². The van der Waals surface area contributed by atoms with Crippen LogP contribution in [0.3, 0.4) is 0 Å². The van der Waals surface area contributed by atoms with Crippen molar-refractivity contribution in [3.05, 3.63) is 40.3 Å². The maximum absolute atomic E-state index is 12.4. The molecular formula is C13H15N3OS. The van der Waals surface area contributed by atoms with E-state index in [2.05, 4.69) is 21.9 Å². The third kappa shape index (κ3) is 1.95. The summed E-state index contributed by atoms with van der Waals surface area (Å²) in [4.78, 5) is 14.4. The van der Waals surface area contributed by atoms with E-state index in [0.29, 0.717) is 5.56 Å². The number of aromatic nitrogens is 2. The molecule has 0 aromatic carbocycles. The van der Waals surface area contributed by atoms with Crippen LogP contribution < -0.4 is 0 Å². The van der Waals surface area contributed by atoms with Gasteiger partial charge in [0.25, 0.3) is 5.91 Å². The van der Waals surface area contributed by atoms with Gasteiger partial charge >= 0.3 is 0 Å². The third-order valence-electron chi connectivity index (χ3n) is 3.39. The van der Waals surface area contributed by atoms with Gasteiger partial charge in [-0.2, -0.15) is 16.4 Å². The van der Waals surface area contributed by atoms with E-state index in [0.717, 1.165) is 19.4 Å². The zero-order chi connectivity index (χ0) is 12.5. The van der Waals surface area contributed by atoms with Crippen molar-refractivity contribution in [2.75, 3.05) is 6.54 Å². The summed E-state index contributed by atoms with van der Waals surface area (Å²) in [5.41, 5.74) is 1.94. The Morgan fingerprint density at radius 2 is 2.44 bits per heavy atom. The first-order valence-corrected chi connectivity index (χ1v) is 7.01. The van der Waals surface area contributed by atoms with Gasteiger partial charge in [0.15, 0.2) is 0 Å². The summed E-state index contributed by atoms with van der Waals surface area (Å²) in [6.45, 7) is 0.842. The van der Waals surface area contributed by atoms with Crippen molar-refractivity contribution in [3.8, 4) is 0 Å². The number of carbonyl (C=O) groups excluding carboxylic acids is 1. The first-order chi connectivity index (χ1) is 8.75. The van der Waals surface area contributed by atoms with Crippen LogP contribution in [-0.4, -0.2) is 27.1 Å². The van der Waals surface area contributed by atoms with Crippen LogP contribution in [-0.2, 0) is 7.05 Å². The highest BCUT2D eigenvalue weighted by molar-refractivity contribution is 7.07. The second kappa shape index (κ2) is 4.57. The predicted molar refractivity (Wildman–Crippen MR) is 70.5 cm³/mol. The fourth-order valence-electron chi connectivity index (χ4n) is 2.52. The Morgan fingerprint density at radius 1 is 1.56 bits per heavy atom. The number of amides is 1. The number of aryl methyl sites for hydroxylation is 1. The Balaban J connectivity index is 1.85. The summed E-state index contributed by atoms with van der Waals surface area (Å²) in [5, 5.41) is 8.28. The van der Waals surface area contributed by atoms with E-state index in [1.165, 1.54) is 5.56 Å². The van der Waals surface area contributed by atoms with Gasteiger partial charge in [0, 0.05) is 19.8 Å². The molecule has 3 heterocycles. The summed E-state index contributed by atoms with van der Waals surface area (Å²) in [6.07, 6.45) is 5.56. The Kier molecular flexibility index (Phi) is 2.91. The largest absolute Gasteiger partial charge is 0.331 e. The fraction of sp³-hybridized carbons (Fsp3) is 0.385. The molecule has 4 nitrogen and oxygen atoms in total. The molecule has 1 fully saturated rings. The zero-order valence-corrected chi connectivity index (χ0v) is 11.1. The summed E-state index contributed by atoms with van der Waals surface area (Å²) in [6, 6.07) is 2.36. The van der Waals surface area contributed by atoms with Crippen LogP contribution in [0.4, 0.5) is 0 Å². The molecule has 0 unspecified atom stereocenters. The summed E-state index contributed by atoms with van der Waals surface area (Å²) >= 11 is 1.69. The predicted octanol–water partition coefficient (Wildman–Crippen LogP) is 2.46. The second-order valence-corrected chi connectivity index (χ2v) is 5.40. The second-order valence-electron chi connectivity index (χ2n) is 4.62. The van der Waals surface area contributed by atoms with Gasteiger partial charge < -0.3 is 4.90 Å². The van der Waals surface area contributed by atoms with Gasteiger partial charge in [-0.3, -0.25) is 9.48 Å². The standard InChI is InChI=1S/C13H15N3OS/c1-15-8-11(7-14-15)13(17)16-5-2-3-12(16)10-4-6-18-9-10/h4,6-9,12H,2-3,5H2,1H3/t12-/m1/s1. The number of nitrogens with zero attached hydrogens (tertiary/aromatic N) is 3. The van der Waals surface area contributed by atoms with Crippen LogP contribution in [0.1, 0.15) is 34.8 Å². The monoisotopic (exact) mass is 261 g/mol. The van der Waals surface area contributed by atoms with Crippen molar-refractivity contribution >= 4 is 17.2 Å². The van der Waals surface area contributed by atoms with Crippen molar-refractivity contribution in [1.82, 2.24) is 14.7 Å². The highest BCUT2D eigenvalue weighted by Crippen LogP contribution is 2.33. The van der Waals surface area contributed by atoms with Crippen LogP contribution in [0.2, 0.25) is 0 Å². The molecule has 1 atom stereocenters. The molecule has 0 spiro atoms. The van der Waals surface area contributed by atoms with Crippen LogP contribution in [0.25, 0.3) is 0 Å². The number of rotatable bonds is 2. The van der Waals surface area contributed by atoms with E-state index in [1.54, 1.807) is 28.4 Å². The lowest BCUT2D eigenvalue weighted by molar-refractivity contribution is 0.0736. The molecule has 0 bridgehead atoms. The molecule has 94 valence electrons. The number of likely N-dealkylation sites (tertiary alicyclic amines) is 1. The minimum atomic E-state index is 0.0943. The summed E-state index contributed by atoms with van der Waals surface area (Å²) < 4.78 is 1.67. The lowest BCUT2D eigenvalue weighted by Crippen LogP contribution is -2.30. The first-order valence-electron chi connectivity index (χ1n) is 6.07. The van der Waals surface area contributed by atoms with Gasteiger partial charge in [-0.25, -0.2) is 0 Å². The Labute approximate surface area is 110 Å². The molecule has 2 aromatic rings. The first kappa shape index (κ1) is 11.5. The normalized spacial score (nSPS) is 19.4. The number of hydrogen-bond donors (Lipinski definition) is 0. The van der Waals surface area contributed by atoms with Gasteiger partial charge in [0.05, 0.1) is 17.8 Å². The number of carbonyl (C=O) groups is 1. The minimum absolute atomic E-state index is 0.0943. The topological polar surface area (TPSA) is 38.1 Å². The van der Waals surface area contributed by atoms with Crippen LogP contribution in [0, 0.1) is 0 Å². The van der Waals surface area contributed by atoms with E-state index in [-0.39, 0.29) is 11.9 Å².